The summed E-state index contributed by atoms with van der Waals surface area (Å²) in [5.41, 5.74) is 0. The van der Waals surface area contributed by atoms with Gasteiger partial charge in [0.1, 0.15) is 13.2 Å². The van der Waals surface area contributed by atoms with Crippen molar-refractivity contribution >= 4 is 17.9 Å². The minimum atomic E-state index is -0.775. The lowest BCUT2D eigenvalue weighted by Crippen LogP contribution is -2.30. The van der Waals surface area contributed by atoms with Crippen LogP contribution >= 0.6 is 0 Å². The Balaban J connectivity index is 4.08. The van der Waals surface area contributed by atoms with Gasteiger partial charge < -0.3 is 14.2 Å². The molecule has 80 heavy (non-hydrogen) atoms. The predicted molar refractivity (Wildman–Crippen MR) is 349 cm³/mol. The molecule has 470 valence electrons. The van der Waals surface area contributed by atoms with Crippen LogP contribution in [0.2, 0.25) is 0 Å². The average molecular weight is 1120 g/mol. The fourth-order valence-corrected chi connectivity index (χ4v) is 11.0. The Bertz CT molecular complexity index is 1340. The third-order valence-electron chi connectivity index (χ3n) is 16.3. The van der Waals surface area contributed by atoms with Gasteiger partial charge in [0.15, 0.2) is 6.10 Å². The molecule has 0 fully saturated rings. The average Bonchev–Trinajstić information content (AvgIpc) is 3.46. The van der Waals surface area contributed by atoms with Crippen molar-refractivity contribution < 1.29 is 28.6 Å². The third kappa shape index (κ3) is 66.4. The highest BCUT2D eigenvalue weighted by Crippen LogP contribution is 2.19. The molecule has 0 spiro atoms. The monoisotopic (exact) mass is 1120 g/mol. The van der Waals surface area contributed by atoms with Crippen LogP contribution in [-0.2, 0) is 28.6 Å². The highest BCUT2D eigenvalue weighted by molar-refractivity contribution is 5.71. The number of unbranched alkanes of at least 4 members (excludes halogenated alkanes) is 50. The van der Waals surface area contributed by atoms with Crippen LogP contribution < -0.4 is 0 Å². The van der Waals surface area contributed by atoms with Crippen LogP contribution in [0.3, 0.4) is 0 Å². The van der Waals surface area contributed by atoms with E-state index in [9.17, 15) is 14.4 Å². The van der Waals surface area contributed by atoms with Gasteiger partial charge in [-0.05, 0) is 70.6 Å². The normalized spacial score (nSPS) is 12.2. The second-order valence-electron chi connectivity index (χ2n) is 24.5. The van der Waals surface area contributed by atoms with Crippen LogP contribution in [0, 0.1) is 0 Å². The molecule has 0 aromatic rings. The summed E-state index contributed by atoms with van der Waals surface area (Å²) in [6, 6.07) is 0. The molecule has 0 saturated heterocycles. The van der Waals surface area contributed by atoms with Crippen molar-refractivity contribution in [2.75, 3.05) is 13.2 Å². The van der Waals surface area contributed by atoms with E-state index in [1.54, 1.807) is 0 Å². The summed E-state index contributed by atoms with van der Waals surface area (Å²) in [7, 11) is 0. The van der Waals surface area contributed by atoms with Gasteiger partial charge in [0.05, 0.1) is 0 Å². The van der Waals surface area contributed by atoms with E-state index in [1.165, 1.54) is 276 Å². The zero-order chi connectivity index (χ0) is 57.8. The molecule has 0 saturated carbocycles. The number of hydrogen-bond acceptors (Lipinski definition) is 6. The Morgan fingerprint density at radius 2 is 0.475 bits per heavy atom. The second kappa shape index (κ2) is 69.1. The molecule has 0 aliphatic rings. The molecule has 0 aliphatic heterocycles. The molecule has 0 radical (unpaired) electrons. The summed E-state index contributed by atoms with van der Waals surface area (Å²) in [6.45, 7) is 6.63. The first-order valence-electron chi connectivity index (χ1n) is 36.0. The molecule has 0 aromatic heterocycles. The maximum Gasteiger partial charge on any atom is 0.306 e. The van der Waals surface area contributed by atoms with Crippen molar-refractivity contribution in [2.24, 2.45) is 0 Å². The van der Waals surface area contributed by atoms with Gasteiger partial charge in [-0.1, -0.05) is 346 Å². The van der Waals surface area contributed by atoms with Crippen molar-refractivity contribution in [2.45, 2.75) is 406 Å². The minimum Gasteiger partial charge on any atom is -0.462 e. The topological polar surface area (TPSA) is 78.9 Å². The van der Waals surface area contributed by atoms with Crippen LogP contribution in [0.1, 0.15) is 400 Å². The molecule has 0 N–H and O–H groups in total. The Labute approximate surface area is 499 Å². The van der Waals surface area contributed by atoms with Crippen LogP contribution in [0.4, 0.5) is 0 Å². The summed E-state index contributed by atoms with van der Waals surface area (Å²) in [4.78, 5) is 38.3. The number of allylic oxidation sites excluding steroid dienone is 6. The zero-order valence-electron chi connectivity index (χ0n) is 54.1. The molecule has 1 atom stereocenters. The van der Waals surface area contributed by atoms with Gasteiger partial charge >= 0.3 is 17.9 Å². The van der Waals surface area contributed by atoms with Crippen molar-refractivity contribution in [3.05, 3.63) is 36.5 Å². The van der Waals surface area contributed by atoms with E-state index < -0.39 is 6.10 Å². The summed E-state index contributed by atoms with van der Waals surface area (Å²) >= 11 is 0. The Morgan fingerprint density at radius 3 is 0.750 bits per heavy atom. The summed E-state index contributed by atoms with van der Waals surface area (Å²) in [5.74, 6) is -0.858. The molecule has 6 nitrogen and oxygen atoms in total. The van der Waals surface area contributed by atoms with E-state index in [4.69, 9.17) is 14.2 Å². The van der Waals surface area contributed by atoms with Crippen molar-refractivity contribution in [1.82, 2.24) is 0 Å². The van der Waals surface area contributed by atoms with E-state index in [0.29, 0.717) is 19.3 Å². The molecule has 6 heteroatoms. The van der Waals surface area contributed by atoms with Crippen LogP contribution in [0.5, 0.6) is 0 Å². The van der Waals surface area contributed by atoms with Gasteiger partial charge in [-0.25, -0.2) is 0 Å². The molecule has 0 aliphatic carbocycles. The summed E-state index contributed by atoms with van der Waals surface area (Å²) in [5, 5.41) is 0. The first kappa shape index (κ1) is 77.6. The van der Waals surface area contributed by atoms with E-state index in [-0.39, 0.29) is 31.1 Å². The molecule has 1 unspecified atom stereocenters. The van der Waals surface area contributed by atoms with Gasteiger partial charge in [0, 0.05) is 19.3 Å². The Morgan fingerprint density at radius 1 is 0.250 bits per heavy atom. The third-order valence-corrected chi connectivity index (χ3v) is 16.3. The molecular weight excluding hydrogens is 985 g/mol. The van der Waals surface area contributed by atoms with Crippen molar-refractivity contribution in [1.29, 1.82) is 0 Å². The number of carbonyl (C=O) groups excluding carboxylic acids is 3. The highest BCUT2D eigenvalue weighted by Gasteiger charge is 2.19. The fraction of sp³-hybridized carbons (Fsp3) is 0.878. The largest absolute Gasteiger partial charge is 0.462 e. The van der Waals surface area contributed by atoms with Crippen LogP contribution in [0.15, 0.2) is 36.5 Å². The molecule has 0 amide bonds. The molecule has 0 rings (SSSR count). The molecule has 0 heterocycles. The van der Waals surface area contributed by atoms with E-state index in [2.05, 4.69) is 57.2 Å². The van der Waals surface area contributed by atoms with Crippen molar-refractivity contribution in [3.8, 4) is 0 Å². The van der Waals surface area contributed by atoms with Crippen molar-refractivity contribution in [3.63, 3.8) is 0 Å². The quantitative estimate of drug-likeness (QED) is 0.0261. The van der Waals surface area contributed by atoms with Gasteiger partial charge in [0.2, 0.25) is 0 Å². The van der Waals surface area contributed by atoms with E-state index >= 15 is 0 Å². The lowest BCUT2D eigenvalue weighted by atomic mass is 10.0. The molecule has 0 aromatic carbocycles. The van der Waals surface area contributed by atoms with Crippen LogP contribution in [0.25, 0.3) is 0 Å². The first-order chi connectivity index (χ1) is 39.5. The van der Waals surface area contributed by atoms with E-state index in [0.717, 1.165) is 83.5 Å². The van der Waals surface area contributed by atoms with Gasteiger partial charge in [0.25, 0.3) is 0 Å². The number of hydrogen-bond donors (Lipinski definition) is 0. The van der Waals surface area contributed by atoms with Crippen LogP contribution in [-0.4, -0.2) is 37.2 Å². The Hall–Kier alpha value is -2.37. The van der Waals surface area contributed by atoms with Gasteiger partial charge in [-0.2, -0.15) is 0 Å². The lowest BCUT2D eigenvalue weighted by Gasteiger charge is -2.18. The maximum absolute atomic E-state index is 12.9. The van der Waals surface area contributed by atoms with Gasteiger partial charge in [-0.3, -0.25) is 14.4 Å². The zero-order valence-corrected chi connectivity index (χ0v) is 54.1. The smallest absolute Gasteiger partial charge is 0.306 e. The summed E-state index contributed by atoms with van der Waals surface area (Å²) in [6.07, 6.45) is 86.3. The predicted octanol–water partition coefficient (Wildman–Crippen LogP) is 24.7. The SMILES string of the molecule is CCC/C=C\C/C=C\CCCCCCCC(=O)OCC(COC(=O)CCCCCCCCCCCCCCCCCCCCCCC/C=C\CCCCCCCCCC)OC(=O)CCCCCCCCCCCCCCCCCC. The standard InChI is InChI=1S/C74H138O6/c1-4-7-10-13-16-19-22-25-27-29-30-31-32-33-34-35-36-37-38-39-40-41-42-43-44-45-47-49-52-55-58-61-64-67-73(76)79-70-71(69-78-72(75)66-63-60-57-54-51-48-24-21-18-15-12-9-6-3)80-74(77)68-65-62-59-56-53-50-46-28-26-23-20-17-14-11-8-5-2/h12,15,21,24,29-30,71H,4-11,13-14,16-20,22-23,25-28,31-70H2,1-3H3/b15-12-,24-21-,30-29-. The number of rotatable bonds is 67. The number of ether oxygens (including phenoxy) is 3. The van der Waals surface area contributed by atoms with E-state index in [1.807, 2.05) is 0 Å². The fourth-order valence-electron chi connectivity index (χ4n) is 11.0. The first-order valence-corrected chi connectivity index (χ1v) is 36.0. The number of carbonyl (C=O) groups is 3. The number of esters is 3. The maximum atomic E-state index is 12.9. The highest BCUT2D eigenvalue weighted by atomic mass is 16.6. The minimum absolute atomic E-state index is 0.0708. The summed E-state index contributed by atoms with van der Waals surface area (Å²) < 4.78 is 17.0. The second-order valence-corrected chi connectivity index (χ2v) is 24.5. The lowest BCUT2D eigenvalue weighted by molar-refractivity contribution is -0.167. The Kier molecular flexibility index (Phi) is 67.1. The molecule has 0 bridgehead atoms. The van der Waals surface area contributed by atoms with Gasteiger partial charge in [-0.15, -0.1) is 0 Å². The molecular formula is C74H138O6.